The highest BCUT2D eigenvalue weighted by Crippen LogP contribution is 2.24. The number of ether oxygens (including phenoxy) is 3. The molecule has 1 heterocycles. The fourth-order valence-corrected chi connectivity index (χ4v) is 2.33. The van der Waals surface area contributed by atoms with E-state index in [-0.39, 0.29) is 6.10 Å². The van der Waals surface area contributed by atoms with Gasteiger partial charge in [-0.05, 0) is 19.1 Å². The lowest BCUT2D eigenvalue weighted by molar-refractivity contribution is -0.00312. The summed E-state index contributed by atoms with van der Waals surface area (Å²) in [4.78, 5) is 2.46. The number of aryl methyl sites for hydroxylation is 1. The van der Waals surface area contributed by atoms with E-state index in [2.05, 4.69) is 19.1 Å². The van der Waals surface area contributed by atoms with Crippen molar-refractivity contribution in [3.8, 4) is 0 Å². The van der Waals surface area contributed by atoms with Gasteiger partial charge in [-0.25, -0.2) is 0 Å². The molecule has 98 valence electrons. The van der Waals surface area contributed by atoms with Crippen molar-refractivity contribution >= 4 is 11.3 Å². The first-order chi connectivity index (χ1) is 8.27. The van der Waals surface area contributed by atoms with E-state index in [1.54, 1.807) is 18.4 Å². The Bertz CT molecular complexity index is 304. The molecule has 0 saturated heterocycles. The molecule has 1 aromatic rings. The Balaban J connectivity index is 2.19. The van der Waals surface area contributed by atoms with Crippen molar-refractivity contribution in [2.24, 2.45) is 5.73 Å². The van der Waals surface area contributed by atoms with Gasteiger partial charge < -0.3 is 19.9 Å². The molecule has 1 unspecified atom stereocenters. The number of methoxy groups -OCH3 is 1. The Kier molecular flexibility index (Phi) is 7.39. The fourth-order valence-electron chi connectivity index (χ4n) is 1.39. The molecule has 5 heteroatoms. The van der Waals surface area contributed by atoms with Crippen molar-refractivity contribution in [3.05, 3.63) is 21.9 Å². The van der Waals surface area contributed by atoms with Gasteiger partial charge in [0.1, 0.15) is 6.10 Å². The van der Waals surface area contributed by atoms with Gasteiger partial charge in [0.2, 0.25) is 0 Å². The molecule has 0 aromatic carbocycles. The van der Waals surface area contributed by atoms with Crippen LogP contribution in [0.25, 0.3) is 0 Å². The van der Waals surface area contributed by atoms with Crippen LogP contribution in [0.5, 0.6) is 0 Å². The smallest absolute Gasteiger partial charge is 0.104 e. The van der Waals surface area contributed by atoms with Gasteiger partial charge in [0.05, 0.1) is 26.4 Å². The third-order valence-electron chi connectivity index (χ3n) is 2.27. The Labute approximate surface area is 107 Å². The van der Waals surface area contributed by atoms with Gasteiger partial charge in [0.25, 0.3) is 0 Å². The van der Waals surface area contributed by atoms with Gasteiger partial charge in [-0.3, -0.25) is 0 Å². The summed E-state index contributed by atoms with van der Waals surface area (Å²) in [5.41, 5.74) is 5.70. The molecule has 1 rings (SSSR count). The Morgan fingerprint density at radius 1 is 1.24 bits per heavy atom. The predicted octanol–water partition coefficient (Wildman–Crippen LogP) is 1.74. The lowest BCUT2D eigenvalue weighted by atomic mass is 10.3. The highest BCUT2D eigenvalue weighted by molar-refractivity contribution is 7.12. The molecule has 0 aliphatic carbocycles. The second-order valence-corrected chi connectivity index (χ2v) is 4.97. The van der Waals surface area contributed by atoms with Crippen molar-refractivity contribution in [2.75, 3.05) is 40.1 Å². The molecule has 1 atom stereocenters. The summed E-state index contributed by atoms with van der Waals surface area (Å²) in [6.07, 6.45) is -0.0141. The van der Waals surface area contributed by atoms with Gasteiger partial charge in [0.15, 0.2) is 0 Å². The van der Waals surface area contributed by atoms with Gasteiger partial charge in [0, 0.05) is 23.4 Å². The van der Waals surface area contributed by atoms with E-state index in [0.717, 1.165) is 0 Å². The van der Waals surface area contributed by atoms with E-state index in [0.29, 0.717) is 33.0 Å². The molecule has 0 saturated carbocycles. The summed E-state index contributed by atoms with van der Waals surface area (Å²) in [5.74, 6) is 0. The van der Waals surface area contributed by atoms with E-state index in [1.807, 2.05) is 0 Å². The van der Waals surface area contributed by atoms with Gasteiger partial charge in [-0.15, -0.1) is 11.3 Å². The molecule has 0 radical (unpaired) electrons. The second kappa shape index (κ2) is 8.60. The van der Waals surface area contributed by atoms with Crippen LogP contribution in [0.15, 0.2) is 12.1 Å². The monoisotopic (exact) mass is 259 g/mol. The zero-order valence-electron chi connectivity index (χ0n) is 10.5. The Morgan fingerprint density at radius 3 is 2.59 bits per heavy atom. The van der Waals surface area contributed by atoms with E-state index in [4.69, 9.17) is 19.9 Å². The van der Waals surface area contributed by atoms with Crippen LogP contribution >= 0.6 is 11.3 Å². The minimum Gasteiger partial charge on any atom is -0.382 e. The van der Waals surface area contributed by atoms with Crippen LogP contribution in [0.3, 0.4) is 0 Å². The molecular weight excluding hydrogens is 238 g/mol. The Morgan fingerprint density at radius 2 is 2.00 bits per heavy atom. The van der Waals surface area contributed by atoms with Crippen LogP contribution in [-0.2, 0) is 14.2 Å². The van der Waals surface area contributed by atoms with E-state index in [1.165, 1.54) is 9.75 Å². The molecule has 0 spiro atoms. The summed E-state index contributed by atoms with van der Waals surface area (Å²) < 4.78 is 15.9. The molecule has 0 bridgehead atoms. The predicted molar refractivity (Wildman–Crippen MR) is 69.5 cm³/mol. The topological polar surface area (TPSA) is 53.7 Å². The van der Waals surface area contributed by atoms with Gasteiger partial charge in [-0.2, -0.15) is 0 Å². The number of hydrogen-bond donors (Lipinski definition) is 1. The van der Waals surface area contributed by atoms with Crippen molar-refractivity contribution in [3.63, 3.8) is 0 Å². The largest absolute Gasteiger partial charge is 0.382 e. The number of thiophene rings is 1. The summed E-state index contributed by atoms with van der Waals surface area (Å²) in [5, 5.41) is 0. The van der Waals surface area contributed by atoms with Crippen LogP contribution in [0.2, 0.25) is 0 Å². The first-order valence-corrected chi connectivity index (χ1v) is 6.54. The zero-order chi connectivity index (χ0) is 12.5. The summed E-state index contributed by atoms with van der Waals surface area (Å²) in [7, 11) is 1.66. The SMILES string of the molecule is COCCOCCOC(CN)c1ccc(C)s1. The van der Waals surface area contributed by atoms with E-state index in [9.17, 15) is 0 Å². The molecule has 1 aromatic heterocycles. The number of hydrogen-bond acceptors (Lipinski definition) is 5. The van der Waals surface area contributed by atoms with Crippen molar-refractivity contribution in [1.29, 1.82) is 0 Å². The molecular formula is C12H21NO3S. The number of nitrogens with two attached hydrogens (primary N) is 1. The molecule has 4 nitrogen and oxygen atoms in total. The Hall–Kier alpha value is -0.460. The quantitative estimate of drug-likeness (QED) is 0.686. The van der Waals surface area contributed by atoms with Crippen LogP contribution < -0.4 is 5.73 Å². The second-order valence-electron chi connectivity index (χ2n) is 3.65. The normalized spacial score (nSPS) is 12.9. The summed E-state index contributed by atoms with van der Waals surface area (Å²) in [6.45, 7) is 4.93. The zero-order valence-corrected chi connectivity index (χ0v) is 11.3. The van der Waals surface area contributed by atoms with Crippen molar-refractivity contribution in [2.45, 2.75) is 13.0 Å². The van der Waals surface area contributed by atoms with Crippen LogP contribution in [0, 0.1) is 6.92 Å². The maximum Gasteiger partial charge on any atom is 0.104 e. The van der Waals surface area contributed by atoms with E-state index < -0.39 is 0 Å². The average molecular weight is 259 g/mol. The molecule has 2 N–H and O–H groups in total. The molecule has 0 aliphatic rings. The van der Waals surface area contributed by atoms with Gasteiger partial charge >= 0.3 is 0 Å². The number of rotatable bonds is 9. The molecule has 0 amide bonds. The maximum absolute atomic E-state index is 5.70. The van der Waals surface area contributed by atoms with Crippen LogP contribution in [0.4, 0.5) is 0 Å². The van der Waals surface area contributed by atoms with Crippen molar-refractivity contribution in [1.82, 2.24) is 0 Å². The summed E-state index contributed by atoms with van der Waals surface area (Å²) in [6, 6.07) is 4.16. The lowest BCUT2D eigenvalue weighted by Gasteiger charge is -2.14. The third-order valence-corrected chi connectivity index (χ3v) is 3.36. The highest BCUT2D eigenvalue weighted by Gasteiger charge is 2.11. The average Bonchev–Trinajstić information content (AvgIpc) is 2.75. The molecule has 17 heavy (non-hydrogen) atoms. The standard InChI is InChI=1S/C12H21NO3S/c1-10-3-4-12(17-10)11(9-13)16-8-7-15-6-5-14-2/h3-4,11H,5-9,13H2,1-2H3. The first kappa shape index (κ1) is 14.6. The lowest BCUT2D eigenvalue weighted by Crippen LogP contribution is -2.17. The van der Waals surface area contributed by atoms with Crippen LogP contribution in [0.1, 0.15) is 15.9 Å². The maximum atomic E-state index is 5.70. The van der Waals surface area contributed by atoms with Crippen LogP contribution in [-0.4, -0.2) is 40.1 Å². The fraction of sp³-hybridized carbons (Fsp3) is 0.667. The first-order valence-electron chi connectivity index (χ1n) is 5.72. The highest BCUT2D eigenvalue weighted by atomic mass is 32.1. The van der Waals surface area contributed by atoms with Gasteiger partial charge in [-0.1, -0.05) is 0 Å². The minimum atomic E-state index is -0.0141. The minimum absolute atomic E-state index is 0.0141. The molecule has 0 fully saturated rings. The third kappa shape index (κ3) is 5.61. The molecule has 0 aliphatic heterocycles. The van der Waals surface area contributed by atoms with E-state index >= 15 is 0 Å². The van der Waals surface area contributed by atoms with Crippen molar-refractivity contribution < 1.29 is 14.2 Å². The summed E-state index contributed by atoms with van der Waals surface area (Å²) >= 11 is 1.73.